The van der Waals surface area contributed by atoms with Crippen LogP contribution < -0.4 is 10.3 Å². The second kappa shape index (κ2) is 8.64. The molecule has 3 heterocycles. The van der Waals surface area contributed by atoms with Gasteiger partial charge in [0, 0.05) is 27.3 Å². The summed E-state index contributed by atoms with van der Waals surface area (Å²) in [7, 11) is 5.15. The molecule has 3 rings (SSSR count). The summed E-state index contributed by atoms with van der Waals surface area (Å²) in [6.07, 6.45) is 3.12. The first-order valence-electron chi connectivity index (χ1n) is 10.0. The minimum absolute atomic E-state index is 0.198. The molecule has 0 saturated carbocycles. The van der Waals surface area contributed by atoms with Gasteiger partial charge in [-0.1, -0.05) is 27.2 Å². The number of aromatic nitrogens is 5. The van der Waals surface area contributed by atoms with E-state index in [2.05, 4.69) is 22.0 Å². The number of nitrogens with one attached hydrogen (secondary N) is 1. The molecule has 1 N–H and O–H groups in total. The fourth-order valence-corrected chi connectivity index (χ4v) is 3.13. The van der Waals surface area contributed by atoms with E-state index < -0.39 is 0 Å². The molecule has 30 heavy (non-hydrogen) atoms. The summed E-state index contributed by atoms with van der Waals surface area (Å²) >= 11 is 0. The predicted octanol–water partition coefficient (Wildman–Crippen LogP) is 2.41. The second-order valence-corrected chi connectivity index (χ2v) is 7.91. The molecule has 0 aliphatic carbocycles. The highest BCUT2D eigenvalue weighted by molar-refractivity contribution is 5.95. The molecule has 0 atom stereocenters. The maximum atomic E-state index is 12.7. The van der Waals surface area contributed by atoms with Crippen molar-refractivity contribution in [2.45, 2.75) is 33.6 Å². The number of carbonyl (C=O) groups is 1. The van der Waals surface area contributed by atoms with E-state index in [0.717, 1.165) is 18.5 Å². The Morgan fingerprint density at radius 2 is 2.03 bits per heavy atom. The zero-order valence-corrected chi connectivity index (χ0v) is 18.3. The van der Waals surface area contributed by atoms with Crippen molar-refractivity contribution in [3.63, 3.8) is 0 Å². The summed E-state index contributed by atoms with van der Waals surface area (Å²) in [4.78, 5) is 38.5. The molecule has 0 bridgehead atoms. The van der Waals surface area contributed by atoms with Crippen molar-refractivity contribution in [2.24, 2.45) is 13.0 Å². The Morgan fingerprint density at radius 1 is 1.30 bits per heavy atom. The lowest BCUT2D eigenvalue weighted by molar-refractivity contribution is 0.0827. The number of hydrogen-bond donors (Lipinski definition) is 1. The summed E-state index contributed by atoms with van der Waals surface area (Å²) in [5, 5.41) is 4.32. The number of carbonyl (C=O) groups excluding carboxylic acids is 1. The van der Waals surface area contributed by atoms with Gasteiger partial charge >= 0.3 is 0 Å². The summed E-state index contributed by atoms with van der Waals surface area (Å²) in [5.41, 5.74) is 2.24. The number of ether oxygens (including phenoxy) is 1. The summed E-state index contributed by atoms with van der Waals surface area (Å²) < 4.78 is 7.56. The Balaban J connectivity index is 2.21. The lowest BCUT2D eigenvalue weighted by Gasteiger charge is -2.15. The molecular formula is C21H28N6O3. The minimum Gasteiger partial charge on any atom is -0.477 e. The smallest absolute Gasteiger partial charge is 0.279 e. The van der Waals surface area contributed by atoms with Crippen molar-refractivity contribution in [3.8, 4) is 17.3 Å². The highest BCUT2D eigenvalue weighted by Crippen LogP contribution is 2.28. The molecule has 0 fully saturated rings. The molecule has 0 aromatic carbocycles. The molecular weight excluding hydrogens is 384 g/mol. The number of H-pyrrole nitrogens is 1. The zero-order valence-electron chi connectivity index (χ0n) is 18.3. The van der Waals surface area contributed by atoms with Crippen molar-refractivity contribution in [3.05, 3.63) is 33.9 Å². The van der Waals surface area contributed by atoms with Gasteiger partial charge in [0.2, 0.25) is 5.88 Å². The van der Waals surface area contributed by atoms with Gasteiger partial charge in [-0.3, -0.25) is 14.3 Å². The Hall–Kier alpha value is -3.23. The fraction of sp³-hybridized carbons (Fsp3) is 0.476. The van der Waals surface area contributed by atoms with Gasteiger partial charge in [0.15, 0.2) is 5.52 Å². The third-order valence-corrected chi connectivity index (χ3v) is 4.61. The number of nitrogens with zero attached hydrogens (tertiary/aromatic N) is 5. The van der Waals surface area contributed by atoms with E-state index in [9.17, 15) is 9.59 Å². The average Bonchev–Trinajstić information content (AvgIpc) is 3.02. The van der Waals surface area contributed by atoms with Crippen LogP contribution in [-0.2, 0) is 13.5 Å². The molecule has 0 saturated heterocycles. The van der Waals surface area contributed by atoms with Gasteiger partial charge in [-0.15, -0.1) is 0 Å². The van der Waals surface area contributed by atoms with Crippen molar-refractivity contribution in [1.29, 1.82) is 0 Å². The van der Waals surface area contributed by atoms with Crippen LogP contribution in [-0.4, -0.2) is 56.2 Å². The molecule has 160 valence electrons. The molecule has 0 unspecified atom stereocenters. The molecule has 0 aliphatic rings. The van der Waals surface area contributed by atoms with E-state index in [1.165, 1.54) is 11.1 Å². The summed E-state index contributed by atoms with van der Waals surface area (Å²) in [5.74, 6) is 0.710. The molecule has 3 aromatic heterocycles. The largest absolute Gasteiger partial charge is 0.477 e. The van der Waals surface area contributed by atoms with Crippen LogP contribution in [0.2, 0.25) is 0 Å². The van der Waals surface area contributed by atoms with E-state index in [-0.39, 0.29) is 17.4 Å². The number of rotatable bonds is 7. The standard InChI is InChI=1S/C21H28N6O3/c1-7-8-15-16-17(25-27(15)6)19(28)24-18(23-16)14-9-13(21(29)26(4)5)10-22-20(14)30-11-12(2)3/h9-10,12H,7-8,11H2,1-6H3,(H,23,24,28). The van der Waals surface area contributed by atoms with Gasteiger partial charge in [-0.2, -0.15) is 5.10 Å². The maximum Gasteiger partial charge on any atom is 0.279 e. The molecule has 0 aliphatic heterocycles. The van der Waals surface area contributed by atoms with Crippen LogP contribution >= 0.6 is 0 Å². The van der Waals surface area contributed by atoms with Gasteiger partial charge < -0.3 is 14.6 Å². The topological polar surface area (TPSA) is 106 Å². The number of hydrogen-bond acceptors (Lipinski definition) is 6. The first-order chi connectivity index (χ1) is 14.2. The van der Waals surface area contributed by atoms with Crippen molar-refractivity contribution in [2.75, 3.05) is 20.7 Å². The number of pyridine rings is 1. The lowest BCUT2D eigenvalue weighted by atomic mass is 10.1. The van der Waals surface area contributed by atoms with Crippen molar-refractivity contribution in [1.82, 2.24) is 29.6 Å². The van der Waals surface area contributed by atoms with Crippen molar-refractivity contribution >= 4 is 16.9 Å². The van der Waals surface area contributed by atoms with Crippen LogP contribution in [0.1, 0.15) is 43.2 Å². The van der Waals surface area contributed by atoms with Gasteiger partial charge in [0.25, 0.3) is 11.5 Å². The van der Waals surface area contributed by atoms with Gasteiger partial charge in [-0.05, 0) is 18.4 Å². The minimum atomic E-state index is -0.341. The Kier molecular flexibility index (Phi) is 6.19. The first kappa shape index (κ1) is 21.5. The number of fused-ring (bicyclic) bond motifs is 1. The molecule has 0 radical (unpaired) electrons. The van der Waals surface area contributed by atoms with Crippen LogP contribution in [0.5, 0.6) is 5.88 Å². The maximum absolute atomic E-state index is 12.7. The average molecular weight is 412 g/mol. The van der Waals surface area contributed by atoms with Crippen LogP contribution in [0.15, 0.2) is 17.1 Å². The Morgan fingerprint density at radius 3 is 2.67 bits per heavy atom. The molecule has 3 aromatic rings. The zero-order chi connectivity index (χ0) is 22.0. The Bertz CT molecular complexity index is 1130. The molecule has 1 amide bonds. The van der Waals surface area contributed by atoms with Crippen molar-refractivity contribution < 1.29 is 9.53 Å². The van der Waals surface area contributed by atoms with E-state index in [1.54, 1.807) is 31.9 Å². The third kappa shape index (κ3) is 4.19. The molecule has 0 spiro atoms. The van der Waals surface area contributed by atoms with Gasteiger partial charge in [0.05, 0.1) is 23.4 Å². The van der Waals surface area contributed by atoms with E-state index in [4.69, 9.17) is 9.72 Å². The third-order valence-electron chi connectivity index (χ3n) is 4.61. The van der Waals surface area contributed by atoms with E-state index in [1.807, 2.05) is 13.8 Å². The van der Waals surface area contributed by atoms with Gasteiger partial charge in [-0.25, -0.2) is 9.97 Å². The van der Waals surface area contributed by atoms with Crippen LogP contribution in [0.25, 0.3) is 22.4 Å². The van der Waals surface area contributed by atoms with E-state index in [0.29, 0.717) is 40.5 Å². The monoisotopic (exact) mass is 412 g/mol. The highest BCUT2D eigenvalue weighted by atomic mass is 16.5. The predicted molar refractivity (Wildman–Crippen MR) is 115 cm³/mol. The number of amides is 1. The molecule has 9 heteroatoms. The summed E-state index contributed by atoms with van der Waals surface area (Å²) in [6.45, 7) is 6.57. The SMILES string of the molecule is CCCc1c2nc(-c3cc(C(=O)N(C)C)cnc3OCC(C)C)[nH]c(=O)c2nn1C. The number of aromatic amines is 1. The second-order valence-electron chi connectivity index (χ2n) is 7.91. The lowest BCUT2D eigenvalue weighted by Crippen LogP contribution is -2.22. The van der Waals surface area contributed by atoms with Gasteiger partial charge in [0.1, 0.15) is 11.3 Å². The van der Waals surface area contributed by atoms with E-state index >= 15 is 0 Å². The number of aryl methyl sites for hydroxylation is 2. The highest BCUT2D eigenvalue weighted by Gasteiger charge is 2.20. The molecule has 9 nitrogen and oxygen atoms in total. The van der Waals surface area contributed by atoms with Crippen LogP contribution in [0.3, 0.4) is 0 Å². The first-order valence-corrected chi connectivity index (χ1v) is 10.0. The van der Waals surface area contributed by atoms with Crippen LogP contribution in [0.4, 0.5) is 0 Å². The fourth-order valence-electron chi connectivity index (χ4n) is 3.13. The normalized spacial score (nSPS) is 11.3. The van der Waals surface area contributed by atoms with Crippen LogP contribution in [0, 0.1) is 5.92 Å². The Labute approximate surface area is 175 Å². The summed E-state index contributed by atoms with van der Waals surface area (Å²) in [6, 6.07) is 1.66. The quantitative estimate of drug-likeness (QED) is 0.639.